The van der Waals surface area contributed by atoms with Crippen LogP contribution in [0.15, 0.2) is 0 Å². The molecule has 12 heavy (non-hydrogen) atoms. The topological polar surface area (TPSA) is 107 Å². The molecule has 0 fully saturated rings. The molecule has 0 saturated carbocycles. The molecule has 70 valence electrons. The van der Waals surface area contributed by atoms with Crippen LogP contribution in [0, 0.1) is 0 Å². The van der Waals surface area contributed by atoms with Crippen molar-refractivity contribution in [2.24, 2.45) is 11.5 Å². The molecule has 0 unspecified atom stereocenters. The van der Waals surface area contributed by atoms with Crippen molar-refractivity contribution in [2.75, 3.05) is 20.2 Å². The second-order valence-electron chi connectivity index (χ2n) is 2.11. The number of hydrogen-bond acceptors (Lipinski definition) is 5. The molecule has 0 aliphatic carbocycles. The highest BCUT2D eigenvalue weighted by atomic mass is 16.5. The van der Waals surface area contributed by atoms with Crippen LogP contribution in [-0.4, -0.2) is 38.1 Å². The van der Waals surface area contributed by atoms with Crippen molar-refractivity contribution in [2.45, 2.75) is 6.04 Å². The zero-order valence-electron chi connectivity index (χ0n) is 6.87. The quantitative estimate of drug-likeness (QED) is 0.411. The molecule has 1 amide bonds. The summed E-state index contributed by atoms with van der Waals surface area (Å²) in [5.74, 6) is -0.950. The lowest BCUT2D eigenvalue weighted by Crippen LogP contribution is -2.42. The standard InChI is InChI=1S/C6H13N3O3/c1-9-6(11)4(8)3-12-5(10)2-7/h4H,2-3,7-8H2,1H3,(H,9,11)/t4-/m0/s1. The Bertz CT molecular complexity index is 171. The molecule has 0 saturated heterocycles. The Balaban J connectivity index is 3.63. The van der Waals surface area contributed by atoms with Crippen LogP contribution >= 0.6 is 0 Å². The van der Waals surface area contributed by atoms with Crippen LogP contribution in [0.2, 0.25) is 0 Å². The van der Waals surface area contributed by atoms with Gasteiger partial charge in [0.05, 0.1) is 6.54 Å². The van der Waals surface area contributed by atoms with Gasteiger partial charge in [-0.15, -0.1) is 0 Å². The van der Waals surface area contributed by atoms with E-state index >= 15 is 0 Å². The largest absolute Gasteiger partial charge is 0.463 e. The van der Waals surface area contributed by atoms with Crippen molar-refractivity contribution >= 4 is 11.9 Å². The SMILES string of the molecule is CNC(=O)[C@@H](N)COC(=O)CN. The minimum absolute atomic E-state index is 0.143. The van der Waals surface area contributed by atoms with Crippen molar-refractivity contribution in [3.05, 3.63) is 0 Å². The lowest BCUT2D eigenvalue weighted by molar-refractivity contribution is -0.143. The van der Waals surface area contributed by atoms with Crippen LogP contribution in [0.3, 0.4) is 0 Å². The predicted molar refractivity (Wildman–Crippen MR) is 42.1 cm³/mol. The normalized spacial score (nSPS) is 11.9. The number of ether oxygens (including phenoxy) is 1. The van der Waals surface area contributed by atoms with Gasteiger partial charge in [0.15, 0.2) is 0 Å². The third-order valence-corrected chi connectivity index (χ3v) is 1.17. The lowest BCUT2D eigenvalue weighted by atomic mass is 10.3. The highest BCUT2D eigenvalue weighted by Gasteiger charge is 2.12. The zero-order valence-corrected chi connectivity index (χ0v) is 6.87. The summed E-state index contributed by atoms with van der Waals surface area (Å²) in [6.45, 7) is -0.351. The van der Waals surface area contributed by atoms with Crippen LogP contribution in [0.4, 0.5) is 0 Å². The fourth-order valence-electron chi connectivity index (χ4n) is 0.503. The Morgan fingerprint density at radius 3 is 2.58 bits per heavy atom. The van der Waals surface area contributed by atoms with Crippen molar-refractivity contribution in [3.8, 4) is 0 Å². The number of nitrogens with two attached hydrogens (primary N) is 2. The molecule has 0 aromatic rings. The van der Waals surface area contributed by atoms with Gasteiger partial charge in [0.25, 0.3) is 0 Å². The Hall–Kier alpha value is -1.14. The summed E-state index contributed by atoms with van der Waals surface area (Å²) < 4.78 is 4.53. The number of esters is 1. The van der Waals surface area contributed by atoms with E-state index in [4.69, 9.17) is 11.5 Å². The number of hydrogen-bond donors (Lipinski definition) is 3. The van der Waals surface area contributed by atoms with E-state index in [-0.39, 0.29) is 19.1 Å². The molecule has 5 N–H and O–H groups in total. The van der Waals surface area contributed by atoms with Gasteiger partial charge < -0.3 is 21.5 Å². The Morgan fingerprint density at radius 1 is 1.58 bits per heavy atom. The fourth-order valence-corrected chi connectivity index (χ4v) is 0.503. The first-order valence-electron chi connectivity index (χ1n) is 3.44. The van der Waals surface area contributed by atoms with Gasteiger partial charge in [-0.25, -0.2) is 0 Å². The monoisotopic (exact) mass is 175 g/mol. The number of likely N-dealkylation sites (N-methyl/N-ethyl adjacent to an activating group) is 1. The van der Waals surface area contributed by atoms with Crippen molar-refractivity contribution in [3.63, 3.8) is 0 Å². The molecule has 6 heteroatoms. The fraction of sp³-hybridized carbons (Fsp3) is 0.667. The first-order valence-corrected chi connectivity index (χ1v) is 3.44. The van der Waals surface area contributed by atoms with Gasteiger partial charge in [-0.2, -0.15) is 0 Å². The molecule has 0 bridgehead atoms. The van der Waals surface area contributed by atoms with E-state index in [1.54, 1.807) is 0 Å². The van der Waals surface area contributed by atoms with Crippen molar-refractivity contribution in [1.29, 1.82) is 0 Å². The van der Waals surface area contributed by atoms with Crippen molar-refractivity contribution < 1.29 is 14.3 Å². The number of carbonyl (C=O) groups excluding carboxylic acids is 2. The maximum Gasteiger partial charge on any atom is 0.319 e. The molecule has 1 atom stereocenters. The molecular formula is C6H13N3O3. The number of amides is 1. The summed E-state index contributed by atoms with van der Waals surface area (Å²) in [6.07, 6.45) is 0. The average molecular weight is 175 g/mol. The average Bonchev–Trinajstić information content (AvgIpc) is 2.11. The second-order valence-corrected chi connectivity index (χ2v) is 2.11. The lowest BCUT2D eigenvalue weighted by Gasteiger charge is -2.09. The second kappa shape index (κ2) is 5.50. The summed E-state index contributed by atoms with van der Waals surface area (Å²) in [6, 6.07) is -0.828. The Morgan fingerprint density at radius 2 is 2.17 bits per heavy atom. The van der Waals surface area contributed by atoms with Gasteiger partial charge in [0.1, 0.15) is 12.6 Å². The summed E-state index contributed by atoms with van der Waals surface area (Å²) in [7, 11) is 1.45. The Kier molecular flexibility index (Phi) is 4.98. The minimum atomic E-state index is -0.828. The zero-order chi connectivity index (χ0) is 9.56. The molecule has 6 nitrogen and oxygen atoms in total. The molecular weight excluding hydrogens is 162 g/mol. The molecule has 0 heterocycles. The smallest absolute Gasteiger partial charge is 0.319 e. The summed E-state index contributed by atoms with van der Waals surface area (Å²) in [5.41, 5.74) is 10.3. The highest BCUT2D eigenvalue weighted by Crippen LogP contribution is 1.82. The molecule has 0 spiro atoms. The van der Waals surface area contributed by atoms with Crippen LogP contribution in [0.1, 0.15) is 0 Å². The van der Waals surface area contributed by atoms with Gasteiger partial charge in [0.2, 0.25) is 5.91 Å². The van der Waals surface area contributed by atoms with Gasteiger partial charge in [-0.3, -0.25) is 9.59 Å². The third-order valence-electron chi connectivity index (χ3n) is 1.17. The van der Waals surface area contributed by atoms with Gasteiger partial charge in [0, 0.05) is 7.05 Å². The molecule has 0 aromatic carbocycles. The molecule has 0 aliphatic heterocycles. The van der Waals surface area contributed by atoms with E-state index in [0.29, 0.717) is 0 Å². The van der Waals surface area contributed by atoms with Crippen LogP contribution < -0.4 is 16.8 Å². The highest BCUT2D eigenvalue weighted by molar-refractivity contribution is 5.81. The summed E-state index contributed by atoms with van der Waals surface area (Å²) in [5, 5.41) is 2.32. The maximum atomic E-state index is 10.8. The van der Waals surface area contributed by atoms with E-state index in [1.807, 2.05) is 0 Å². The summed E-state index contributed by atoms with van der Waals surface area (Å²) in [4.78, 5) is 21.2. The Labute approximate surface area is 70.2 Å². The van der Waals surface area contributed by atoms with E-state index in [1.165, 1.54) is 7.05 Å². The number of rotatable bonds is 4. The van der Waals surface area contributed by atoms with Crippen LogP contribution in [0.5, 0.6) is 0 Å². The number of carbonyl (C=O) groups is 2. The van der Waals surface area contributed by atoms with Gasteiger partial charge in [-0.1, -0.05) is 0 Å². The first-order chi connectivity index (χ1) is 5.61. The van der Waals surface area contributed by atoms with E-state index < -0.39 is 12.0 Å². The van der Waals surface area contributed by atoms with Crippen LogP contribution in [0.25, 0.3) is 0 Å². The molecule has 0 radical (unpaired) electrons. The molecule has 0 aromatic heterocycles. The maximum absolute atomic E-state index is 10.8. The van der Waals surface area contributed by atoms with E-state index in [0.717, 1.165) is 0 Å². The van der Waals surface area contributed by atoms with E-state index in [9.17, 15) is 9.59 Å². The van der Waals surface area contributed by atoms with Crippen molar-refractivity contribution in [1.82, 2.24) is 5.32 Å². The summed E-state index contributed by atoms with van der Waals surface area (Å²) >= 11 is 0. The number of nitrogens with one attached hydrogen (secondary N) is 1. The predicted octanol–water partition coefficient (Wildman–Crippen LogP) is -2.44. The first kappa shape index (κ1) is 10.9. The van der Waals surface area contributed by atoms with Crippen LogP contribution in [-0.2, 0) is 14.3 Å². The third kappa shape index (κ3) is 3.89. The van der Waals surface area contributed by atoms with Gasteiger partial charge in [-0.05, 0) is 0 Å². The molecule has 0 aliphatic rings. The van der Waals surface area contributed by atoms with E-state index in [2.05, 4.69) is 10.1 Å². The molecule has 0 rings (SSSR count). The minimum Gasteiger partial charge on any atom is -0.463 e. The van der Waals surface area contributed by atoms with Gasteiger partial charge >= 0.3 is 5.97 Å².